The second kappa shape index (κ2) is 9.20. The van der Waals surface area contributed by atoms with Gasteiger partial charge in [-0.15, -0.1) is 11.8 Å². The number of carbonyl (C=O) groups excluding carboxylic acids is 1. The van der Waals surface area contributed by atoms with Crippen molar-refractivity contribution in [1.29, 1.82) is 0 Å². The van der Waals surface area contributed by atoms with Gasteiger partial charge >= 0.3 is 0 Å². The summed E-state index contributed by atoms with van der Waals surface area (Å²) in [5.74, 6) is 6.46. The van der Waals surface area contributed by atoms with Crippen molar-refractivity contribution in [2.24, 2.45) is 11.8 Å². The number of hydrazine groups is 1. The van der Waals surface area contributed by atoms with Crippen LogP contribution in [0, 0.1) is 5.92 Å². The summed E-state index contributed by atoms with van der Waals surface area (Å²) >= 11 is 1.65. The summed E-state index contributed by atoms with van der Waals surface area (Å²) in [6.45, 7) is 12.1. The van der Waals surface area contributed by atoms with Gasteiger partial charge in [0, 0.05) is 5.57 Å². The first-order valence-electron chi connectivity index (χ1n) is 7.30. The number of Topliss-reactive ketones (excluding diaryl/α,β-unsaturated/α-hetero) is 1. The lowest BCUT2D eigenvalue weighted by Crippen LogP contribution is -2.44. The van der Waals surface area contributed by atoms with Gasteiger partial charge in [0.2, 0.25) is 0 Å². The summed E-state index contributed by atoms with van der Waals surface area (Å²) < 4.78 is 0. The van der Waals surface area contributed by atoms with E-state index in [4.69, 9.17) is 5.84 Å². The summed E-state index contributed by atoms with van der Waals surface area (Å²) in [4.78, 5) is 12.1. The van der Waals surface area contributed by atoms with Gasteiger partial charge < -0.3 is 0 Å². The number of hydrogen-bond acceptors (Lipinski definition) is 5. The molecule has 1 aliphatic carbocycles. The van der Waals surface area contributed by atoms with Crippen molar-refractivity contribution >= 4 is 17.5 Å². The van der Waals surface area contributed by atoms with Gasteiger partial charge in [0.15, 0.2) is 5.78 Å². The maximum Gasteiger partial charge on any atom is 0.172 e. The van der Waals surface area contributed by atoms with Gasteiger partial charge in [0.25, 0.3) is 0 Å². The Kier molecular flexibility index (Phi) is 7.96. The molecule has 1 saturated carbocycles. The van der Waals surface area contributed by atoms with E-state index >= 15 is 0 Å². The number of ketones is 1. The minimum absolute atomic E-state index is 0.0763. The quantitative estimate of drug-likeness (QED) is 0.190. The van der Waals surface area contributed by atoms with Crippen molar-refractivity contribution in [2.45, 2.75) is 38.5 Å². The number of nitrogens with one attached hydrogen (secondary N) is 2. The highest BCUT2D eigenvalue weighted by Crippen LogP contribution is 2.34. The van der Waals surface area contributed by atoms with Gasteiger partial charge in [-0.1, -0.05) is 25.2 Å². The van der Waals surface area contributed by atoms with Crippen LogP contribution in [-0.4, -0.2) is 23.6 Å². The molecular formula is C16H27N3OS. The average Bonchev–Trinajstić information content (AvgIpc) is 2.38. The number of thioether (sulfide) groups is 1. The molecule has 0 bridgehead atoms. The Morgan fingerprint density at radius 2 is 2.10 bits per heavy atom. The lowest BCUT2D eigenvalue weighted by Gasteiger charge is -2.33. The van der Waals surface area contributed by atoms with E-state index in [1.165, 1.54) is 19.3 Å². The first-order valence-corrected chi connectivity index (χ1v) is 8.35. The van der Waals surface area contributed by atoms with E-state index in [0.717, 1.165) is 11.1 Å². The molecule has 0 aromatic heterocycles. The zero-order chi connectivity index (χ0) is 15.8. The van der Waals surface area contributed by atoms with Crippen molar-refractivity contribution in [3.8, 4) is 0 Å². The molecular weight excluding hydrogens is 282 g/mol. The predicted octanol–water partition coefficient (Wildman–Crippen LogP) is 2.50. The second-order valence-corrected chi connectivity index (χ2v) is 6.69. The van der Waals surface area contributed by atoms with Crippen LogP contribution in [0.4, 0.5) is 0 Å². The molecule has 1 aliphatic rings. The standard InChI is InChI=1S/C16H27N3OS/c1-11(2)12(3)8-13(4)15(20)9-21-16(18-10-19-17)14-6-5-7-14/h8,14,16,18-19H,1,4-7,9-10,17H2,2-3H3/b12-8-. The van der Waals surface area contributed by atoms with E-state index in [9.17, 15) is 4.79 Å². The summed E-state index contributed by atoms with van der Waals surface area (Å²) in [6.07, 6.45) is 5.54. The van der Waals surface area contributed by atoms with Crippen LogP contribution in [0.3, 0.4) is 0 Å². The van der Waals surface area contributed by atoms with Crippen molar-refractivity contribution in [2.75, 3.05) is 12.4 Å². The topological polar surface area (TPSA) is 67.2 Å². The summed E-state index contributed by atoms with van der Waals surface area (Å²) in [5.41, 5.74) is 5.11. The zero-order valence-electron chi connectivity index (χ0n) is 13.1. The van der Waals surface area contributed by atoms with Gasteiger partial charge in [-0.2, -0.15) is 0 Å². The molecule has 1 rings (SSSR count). The zero-order valence-corrected chi connectivity index (χ0v) is 13.9. The van der Waals surface area contributed by atoms with Gasteiger partial charge in [-0.05, 0) is 44.3 Å². The molecule has 21 heavy (non-hydrogen) atoms. The lowest BCUT2D eigenvalue weighted by molar-refractivity contribution is -0.112. The smallest absolute Gasteiger partial charge is 0.172 e. The molecule has 0 aliphatic heterocycles. The van der Waals surface area contributed by atoms with Crippen LogP contribution in [0.5, 0.6) is 0 Å². The Morgan fingerprint density at radius 3 is 2.57 bits per heavy atom. The first-order chi connectivity index (χ1) is 9.95. The predicted molar refractivity (Wildman–Crippen MR) is 91.6 cm³/mol. The maximum atomic E-state index is 12.1. The fraction of sp³-hybridized carbons (Fsp3) is 0.562. The molecule has 0 radical (unpaired) electrons. The lowest BCUT2D eigenvalue weighted by atomic mass is 9.85. The molecule has 5 heteroatoms. The van der Waals surface area contributed by atoms with Gasteiger partial charge in [-0.25, -0.2) is 5.43 Å². The Bertz CT molecular complexity index is 427. The Labute approximate surface area is 132 Å². The highest BCUT2D eigenvalue weighted by molar-refractivity contribution is 8.00. The van der Waals surface area contributed by atoms with E-state index < -0.39 is 0 Å². The van der Waals surface area contributed by atoms with Crippen LogP contribution in [-0.2, 0) is 4.79 Å². The van der Waals surface area contributed by atoms with Crippen molar-refractivity contribution in [3.63, 3.8) is 0 Å². The van der Waals surface area contributed by atoms with Crippen molar-refractivity contribution in [1.82, 2.24) is 10.7 Å². The van der Waals surface area contributed by atoms with E-state index in [-0.39, 0.29) is 11.2 Å². The van der Waals surface area contributed by atoms with Crippen LogP contribution < -0.4 is 16.6 Å². The highest BCUT2D eigenvalue weighted by Gasteiger charge is 2.27. The monoisotopic (exact) mass is 309 g/mol. The van der Waals surface area contributed by atoms with Crippen molar-refractivity contribution < 1.29 is 4.79 Å². The van der Waals surface area contributed by atoms with E-state index in [1.54, 1.807) is 11.8 Å². The highest BCUT2D eigenvalue weighted by atomic mass is 32.2. The number of hydrogen-bond donors (Lipinski definition) is 3. The Morgan fingerprint density at radius 1 is 1.43 bits per heavy atom. The number of carbonyl (C=O) groups is 1. The second-order valence-electron chi connectivity index (χ2n) is 5.56. The minimum atomic E-state index is 0.0763. The van der Waals surface area contributed by atoms with Gasteiger partial charge in [0.05, 0.1) is 17.8 Å². The maximum absolute atomic E-state index is 12.1. The van der Waals surface area contributed by atoms with E-state index in [1.807, 2.05) is 19.9 Å². The average molecular weight is 309 g/mol. The number of allylic oxidation sites excluding steroid dienone is 4. The van der Waals surface area contributed by atoms with Crippen molar-refractivity contribution in [3.05, 3.63) is 36.0 Å². The molecule has 118 valence electrons. The summed E-state index contributed by atoms with van der Waals surface area (Å²) in [6, 6.07) is 0. The third-order valence-electron chi connectivity index (χ3n) is 3.80. The third-order valence-corrected chi connectivity index (χ3v) is 5.14. The SMILES string of the molecule is C=C(/C=C(/C)C(=C)C)C(=O)CSC(NCNN)C1CCC1. The number of rotatable bonds is 10. The van der Waals surface area contributed by atoms with Crippen LogP contribution in [0.25, 0.3) is 0 Å². The molecule has 1 fully saturated rings. The summed E-state index contributed by atoms with van der Waals surface area (Å²) in [5, 5.41) is 3.62. The Balaban J connectivity index is 2.46. The molecule has 0 aromatic carbocycles. The molecule has 0 amide bonds. The minimum Gasteiger partial charge on any atom is -0.293 e. The van der Waals surface area contributed by atoms with E-state index in [0.29, 0.717) is 23.9 Å². The molecule has 4 N–H and O–H groups in total. The fourth-order valence-corrected chi connectivity index (χ4v) is 3.25. The van der Waals surface area contributed by atoms with Crippen LogP contribution in [0.2, 0.25) is 0 Å². The third kappa shape index (κ3) is 6.18. The summed E-state index contributed by atoms with van der Waals surface area (Å²) in [7, 11) is 0. The normalized spacial score (nSPS) is 17.2. The van der Waals surface area contributed by atoms with Crippen LogP contribution in [0.1, 0.15) is 33.1 Å². The van der Waals surface area contributed by atoms with Gasteiger partial charge in [-0.3, -0.25) is 16.0 Å². The molecule has 0 spiro atoms. The molecule has 0 saturated heterocycles. The van der Waals surface area contributed by atoms with Crippen LogP contribution >= 0.6 is 11.8 Å². The van der Waals surface area contributed by atoms with Crippen LogP contribution in [0.15, 0.2) is 36.0 Å². The molecule has 1 atom stereocenters. The fourth-order valence-electron chi connectivity index (χ4n) is 1.99. The molecule has 1 unspecified atom stereocenters. The van der Waals surface area contributed by atoms with Gasteiger partial charge in [0.1, 0.15) is 0 Å². The molecule has 0 aromatic rings. The molecule has 4 nitrogen and oxygen atoms in total. The number of nitrogens with two attached hydrogens (primary N) is 1. The Hall–Kier alpha value is -0.880. The molecule has 0 heterocycles. The largest absolute Gasteiger partial charge is 0.293 e. The first kappa shape index (κ1) is 18.2. The van der Waals surface area contributed by atoms with E-state index in [2.05, 4.69) is 23.9 Å².